The first-order chi connectivity index (χ1) is 13.0. The van der Waals surface area contributed by atoms with E-state index in [2.05, 4.69) is 10.0 Å². The fraction of sp³-hybridized carbons (Fsp3) is 0.222. The number of nitriles is 1. The molecule has 0 bridgehead atoms. The monoisotopic (exact) mass is 421 g/mol. The number of nitrogens with one attached hydrogen (secondary N) is 2. The van der Waals surface area contributed by atoms with Gasteiger partial charge in [-0.1, -0.05) is 18.2 Å². The number of benzene rings is 2. The van der Waals surface area contributed by atoms with E-state index in [0.717, 1.165) is 6.26 Å². The molecular weight excluding hydrogens is 402 g/mol. The van der Waals surface area contributed by atoms with Gasteiger partial charge in [0.15, 0.2) is 9.84 Å². The fourth-order valence-electron chi connectivity index (χ4n) is 2.39. The molecule has 148 valence electrons. The summed E-state index contributed by atoms with van der Waals surface area (Å²) in [5, 5.41) is 11.2. The van der Waals surface area contributed by atoms with Crippen LogP contribution >= 0.6 is 0 Å². The van der Waals surface area contributed by atoms with Crippen LogP contribution in [0.1, 0.15) is 16.7 Å². The lowest BCUT2D eigenvalue weighted by molar-refractivity contribution is -0.113. The molecule has 28 heavy (non-hydrogen) atoms. The summed E-state index contributed by atoms with van der Waals surface area (Å²) >= 11 is 0. The molecule has 2 rings (SSSR count). The number of rotatable bonds is 7. The van der Waals surface area contributed by atoms with Gasteiger partial charge < -0.3 is 5.32 Å². The van der Waals surface area contributed by atoms with Gasteiger partial charge >= 0.3 is 0 Å². The van der Waals surface area contributed by atoms with Crippen LogP contribution in [-0.2, 0) is 30.4 Å². The van der Waals surface area contributed by atoms with Crippen molar-refractivity contribution in [3.63, 3.8) is 0 Å². The van der Waals surface area contributed by atoms with Crippen molar-refractivity contribution >= 4 is 37.1 Å². The number of sulfonamides is 1. The minimum atomic E-state index is -3.73. The molecule has 0 heterocycles. The smallest absolute Gasteiger partial charge is 0.239 e. The second-order valence-corrected chi connectivity index (χ2v) is 10.1. The van der Waals surface area contributed by atoms with Gasteiger partial charge in [-0.2, -0.15) is 5.26 Å². The molecule has 1 amide bonds. The Morgan fingerprint density at radius 3 is 2.29 bits per heavy atom. The minimum Gasteiger partial charge on any atom is -0.325 e. The predicted molar refractivity (Wildman–Crippen MR) is 107 cm³/mol. The molecule has 0 fully saturated rings. The standard InChI is InChI=1S/C18H19N3O5S2/c1-13-3-8-16(9-17(13)21-27(2,23)24)20-18(22)12-28(25,26)11-15-6-4-14(10-19)5-7-15/h3-9,21H,11-12H2,1-2H3,(H,20,22). The number of amides is 1. The Morgan fingerprint density at radius 1 is 1.07 bits per heavy atom. The third kappa shape index (κ3) is 6.68. The normalized spacial score (nSPS) is 11.5. The van der Waals surface area contributed by atoms with Gasteiger partial charge in [0.05, 0.1) is 29.3 Å². The van der Waals surface area contributed by atoms with E-state index in [1.165, 1.54) is 30.3 Å². The molecule has 0 radical (unpaired) electrons. The highest BCUT2D eigenvalue weighted by atomic mass is 32.2. The van der Waals surface area contributed by atoms with Crippen LogP contribution in [-0.4, -0.2) is 34.8 Å². The van der Waals surface area contributed by atoms with Gasteiger partial charge in [0, 0.05) is 5.69 Å². The van der Waals surface area contributed by atoms with E-state index in [9.17, 15) is 21.6 Å². The number of nitrogens with zero attached hydrogens (tertiary/aromatic N) is 1. The molecule has 0 saturated heterocycles. The zero-order valence-electron chi connectivity index (χ0n) is 15.3. The molecule has 0 atom stereocenters. The molecule has 0 aliphatic rings. The fourth-order valence-corrected chi connectivity index (χ4v) is 4.28. The van der Waals surface area contributed by atoms with Crippen molar-refractivity contribution in [2.24, 2.45) is 0 Å². The molecule has 0 aliphatic heterocycles. The Hall–Kier alpha value is -2.90. The highest BCUT2D eigenvalue weighted by Crippen LogP contribution is 2.21. The van der Waals surface area contributed by atoms with Gasteiger partial charge in [-0.25, -0.2) is 16.8 Å². The van der Waals surface area contributed by atoms with Crippen LogP contribution in [0.15, 0.2) is 42.5 Å². The Kier molecular flexibility index (Phi) is 6.43. The quantitative estimate of drug-likeness (QED) is 0.700. The first-order valence-corrected chi connectivity index (χ1v) is 11.8. The molecule has 0 unspecified atom stereocenters. The maximum atomic E-state index is 12.2. The van der Waals surface area contributed by atoms with Crippen molar-refractivity contribution in [1.29, 1.82) is 5.26 Å². The topological polar surface area (TPSA) is 133 Å². The number of hydrogen-bond acceptors (Lipinski definition) is 6. The van der Waals surface area contributed by atoms with Crippen LogP contribution in [0.5, 0.6) is 0 Å². The lowest BCUT2D eigenvalue weighted by Gasteiger charge is -2.11. The maximum absolute atomic E-state index is 12.2. The zero-order valence-corrected chi connectivity index (χ0v) is 16.9. The van der Waals surface area contributed by atoms with Crippen LogP contribution in [0.4, 0.5) is 11.4 Å². The third-order valence-electron chi connectivity index (χ3n) is 3.64. The first kappa shape index (κ1) is 21.4. The summed E-state index contributed by atoms with van der Waals surface area (Å²) in [5.41, 5.74) is 2.10. The van der Waals surface area contributed by atoms with Gasteiger partial charge in [0.1, 0.15) is 5.75 Å². The Labute approximate surface area is 164 Å². The van der Waals surface area contributed by atoms with Gasteiger partial charge in [-0.15, -0.1) is 0 Å². The number of carbonyl (C=O) groups is 1. The summed E-state index contributed by atoms with van der Waals surface area (Å²) in [6.07, 6.45) is 1.01. The molecule has 0 saturated carbocycles. The van der Waals surface area contributed by atoms with E-state index >= 15 is 0 Å². The summed E-state index contributed by atoms with van der Waals surface area (Å²) in [6, 6.07) is 12.6. The van der Waals surface area contributed by atoms with E-state index in [1.54, 1.807) is 19.1 Å². The van der Waals surface area contributed by atoms with Crippen LogP contribution in [0.2, 0.25) is 0 Å². The van der Waals surface area contributed by atoms with Gasteiger partial charge in [0.25, 0.3) is 0 Å². The number of anilines is 2. The van der Waals surface area contributed by atoms with Crippen LogP contribution in [0.3, 0.4) is 0 Å². The van der Waals surface area contributed by atoms with Crippen LogP contribution in [0.25, 0.3) is 0 Å². The van der Waals surface area contributed by atoms with Crippen molar-refractivity contribution in [3.8, 4) is 6.07 Å². The van der Waals surface area contributed by atoms with E-state index in [0.29, 0.717) is 22.4 Å². The molecule has 2 N–H and O–H groups in total. The van der Waals surface area contributed by atoms with Gasteiger partial charge in [-0.05, 0) is 42.3 Å². The average molecular weight is 422 g/mol. The molecular formula is C18H19N3O5S2. The minimum absolute atomic E-state index is 0.273. The SMILES string of the molecule is Cc1ccc(NC(=O)CS(=O)(=O)Cc2ccc(C#N)cc2)cc1NS(C)(=O)=O. The molecule has 10 heteroatoms. The van der Waals surface area contributed by atoms with E-state index in [-0.39, 0.29) is 11.4 Å². The van der Waals surface area contributed by atoms with Gasteiger partial charge in [0.2, 0.25) is 15.9 Å². The number of carbonyl (C=O) groups excluding carboxylic acids is 1. The van der Waals surface area contributed by atoms with Crippen LogP contribution in [0, 0.1) is 18.3 Å². The molecule has 0 aromatic heterocycles. The molecule has 2 aromatic rings. The summed E-state index contributed by atoms with van der Waals surface area (Å²) in [5.74, 6) is -1.79. The lowest BCUT2D eigenvalue weighted by atomic mass is 10.2. The first-order valence-electron chi connectivity index (χ1n) is 8.05. The Bertz CT molecular complexity index is 1130. The van der Waals surface area contributed by atoms with Crippen molar-refractivity contribution < 1.29 is 21.6 Å². The molecule has 0 aliphatic carbocycles. The Morgan fingerprint density at radius 2 is 1.71 bits per heavy atom. The number of sulfone groups is 1. The summed E-state index contributed by atoms with van der Waals surface area (Å²) in [7, 11) is -7.22. The van der Waals surface area contributed by atoms with Crippen LogP contribution < -0.4 is 10.0 Å². The van der Waals surface area contributed by atoms with E-state index in [4.69, 9.17) is 5.26 Å². The average Bonchev–Trinajstić information content (AvgIpc) is 2.56. The van der Waals surface area contributed by atoms with Crippen molar-refractivity contribution in [2.45, 2.75) is 12.7 Å². The molecule has 2 aromatic carbocycles. The lowest BCUT2D eigenvalue weighted by Crippen LogP contribution is -2.24. The summed E-state index contributed by atoms with van der Waals surface area (Å²) in [6.45, 7) is 1.70. The predicted octanol–water partition coefficient (Wildman–Crippen LogP) is 1.79. The van der Waals surface area contributed by atoms with Crippen molar-refractivity contribution in [1.82, 2.24) is 0 Å². The second-order valence-electron chi connectivity index (χ2n) is 6.29. The molecule has 0 spiro atoms. The number of aryl methyl sites for hydroxylation is 1. The zero-order chi connectivity index (χ0) is 20.9. The largest absolute Gasteiger partial charge is 0.325 e. The van der Waals surface area contributed by atoms with E-state index < -0.39 is 31.5 Å². The number of hydrogen-bond donors (Lipinski definition) is 2. The molecule has 8 nitrogen and oxygen atoms in total. The van der Waals surface area contributed by atoms with Gasteiger partial charge in [-0.3, -0.25) is 9.52 Å². The highest BCUT2D eigenvalue weighted by Gasteiger charge is 2.18. The third-order valence-corrected chi connectivity index (χ3v) is 5.70. The van der Waals surface area contributed by atoms with Crippen molar-refractivity contribution in [2.75, 3.05) is 22.0 Å². The Balaban J connectivity index is 2.06. The van der Waals surface area contributed by atoms with E-state index in [1.807, 2.05) is 6.07 Å². The van der Waals surface area contributed by atoms with Crippen molar-refractivity contribution in [3.05, 3.63) is 59.2 Å². The summed E-state index contributed by atoms with van der Waals surface area (Å²) in [4.78, 5) is 12.1. The maximum Gasteiger partial charge on any atom is 0.239 e. The second kappa shape index (κ2) is 8.41. The highest BCUT2D eigenvalue weighted by molar-refractivity contribution is 7.92. The summed E-state index contributed by atoms with van der Waals surface area (Å²) < 4.78 is 49.6.